The van der Waals surface area contributed by atoms with Crippen LogP contribution in [0.2, 0.25) is 10.0 Å². The van der Waals surface area contributed by atoms with E-state index in [1.807, 2.05) is 37.3 Å². The van der Waals surface area contributed by atoms with Gasteiger partial charge in [0.05, 0.1) is 23.8 Å². The van der Waals surface area contributed by atoms with Gasteiger partial charge in [0.25, 0.3) is 5.91 Å². The molecular weight excluding hydrogens is 629 g/mol. The number of likely N-dealkylation sites (N-methyl/N-ethyl adjacent to an activating group) is 3. The molecular formula is C34H33Cl2N5O5. The lowest BCUT2D eigenvalue weighted by Crippen LogP contribution is -2.37. The van der Waals surface area contributed by atoms with Crippen LogP contribution in [0.25, 0.3) is 17.0 Å². The minimum atomic E-state index is -0.484. The average molecular weight is 663 g/mol. The van der Waals surface area contributed by atoms with Crippen LogP contribution in [0.4, 0.5) is 5.69 Å². The van der Waals surface area contributed by atoms with Crippen LogP contribution in [0.3, 0.4) is 0 Å². The number of nitrogens with one attached hydrogen (secondary N) is 2. The molecule has 0 radical (unpaired) electrons. The van der Waals surface area contributed by atoms with Gasteiger partial charge in [0.1, 0.15) is 17.9 Å². The number of fused-ring (bicyclic) bond motifs is 1. The molecule has 1 heterocycles. The Morgan fingerprint density at radius 1 is 0.957 bits per heavy atom. The molecule has 4 rings (SSSR count). The molecule has 0 aliphatic rings. The number of benzene rings is 3. The fourth-order valence-corrected chi connectivity index (χ4v) is 5.04. The van der Waals surface area contributed by atoms with Crippen molar-refractivity contribution in [1.82, 2.24) is 20.5 Å². The standard InChI is InChI=1S/C34H33Cl2N5O5/c1-21-8-12-23-6-5-7-28(33(23)39-21)46-20-25-26(35)15-16-27(32(25)36)41(4)31(44)18-38-29(42)17-11-22-9-13-24(14-10-22)34(45)40(3)19-30(43)37-2/h5-17H,18-20H2,1-4H3,(H,37,43)(H,38,42). The van der Waals surface area contributed by atoms with Gasteiger partial charge < -0.3 is 25.2 Å². The number of carbonyl (C=O) groups excluding carboxylic acids is 4. The number of halogens is 2. The molecule has 12 heteroatoms. The maximum Gasteiger partial charge on any atom is 0.254 e. The number of ether oxygens (including phenoxy) is 1. The third-order valence-corrected chi connectivity index (χ3v) is 7.88. The van der Waals surface area contributed by atoms with Crippen LogP contribution in [-0.4, -0.2) is 67.7 Å². The lowest BCUT2D eigenvalue weighted by atomic mass is 10.1. The van der Waals surface area contributed by atoms with Crippen LogP contribution in [0, 0.1) is 6.92 Å². The summed E-state index contributed by atoms with van der Waals surface area (Å²) < 4.78 is 6.07. The van der Waals surface area contributed by atoms with Crippen LogP contribution in [0.5, 0.6) is 5.75 Å². The summed E-state index contributed by atoms with van der Waals surface area (Å²) in [4.78, 5) is 56.6. The molecule has 0 fully saturated rings. The van der Waals surface area contributed by atoms with Gasteiger partial charge in [0, 0.05) is 54.4 Å². The highest BCUT2D eigenvalue weighted by molar-refractivity contribution is 6.38. The molecule has 0 bridgehead atoms. The zero-order valence-electron chi connectivity index (χ0n) is 25.8. The van der Waals surface area contributed by atoms with Gasteiger partial charge in [-0.15, -0.1) is 0 Å². The topological polar surface area (TPSA) is 121 Å². The average Bonchev–Trinajstić information content (AvgIpc) is 3.05. The van der Waals surface area contributed by atoms with Crippen LogP contribution in [0.15, 0.2) is 72.8 Å². The second-order valence-electron chi connectivity index (χ2n) is 10.4. The summed E-state index contributed by atoms with van der Waals surface area (Å²) in [6.45, 7) is 1.61. The number of para-hydroxylation sites is 1. The fourth-order valence-electron chi connectivity index (χ4n) is 4.43. The highest BCUT2D eigenvalue weighted by Crippen LogP contribution is 2.35. The summed E-state index contributed by atoms with van der Waals surface area (Å²) in [6.07, 6.45) is 2.84. The van der Waals surface area contributed by atoms with Gasteiger partial charge in [0.15, 0.2) is 0 Å². The Morgan fingerprint density at radius 2 is 1.70 bits per heavy atom. The molecule has 0 aliphatic heterocycles. The Morgan fingerprint density at radius 3 is 2.41 bits per heavy atom. The highest BCUT2D eigenvalue weighted by atomic mass is 35.5. The minimum Gasteiger partial charge on any atom is -0.487 e. The first-order valence-corrected chi connectivity index (χ1v) is 15.0. The Bertz CT molecular complexity index is 1810. The molecule has 2 N–H and O–H groups in total. The Kier molecular flexibility index (Phi) is 11.3. The van der Waals surface area contributed by atoms with Gasteiger partial charge in [-0.25, -0.2) is 4.98 Å². The van der Waals surface area contributed by atoms with Crippen molar-refractivity contribution in [2.45, 2.75) is 13.5 Å². The predicted octanol–water partition coefficient (Wildman–Crippen LogP) is 5.04. The minimum absolute atomic E-state index is 0.0473. The molecule has 4 aromatic rings. The fraction of sp³-hybridized carbons (Fsp3) is 0.206. The number of aryl methyl sites for hydroxylation is 1. The van der Waals surface area contributed by atoms with E-state index in [9.17, 15) is 19.2 Å². The van der Waals surface area contributed by atoms with Crippen LogP contribution >= 0.6 is 23.2 Å². The predicted molar refractivity (Wildman–Crippen MR) is 180 cm³/mol. The van der Waals surface area contributed by atoms with E-state index in [1.165, 1.54) is 30.0 Å². The van der Waals surface area contributed by atoms with E-state index in [0.717, 1.165) is 16.6 Å². The number of carbonyl (C=O) groups is 4. The highest BCUT2D eigenvalue weighted by Gasteiger charge is 2.19. The van der Waals surface area contributed by atoms with Gasteiger partial charge >= 0.3 is 0 Å². The Labute approximate surface area is 276 Å². The van der Waals surface area contributed by atoms with Gasteiger partial charge in [-0.1, -0.05) is 53.5 Å². The van der Waals surface area contributed by atoms with Crippen molar-refractivity contribution in [3.05, 3.63) is 105 Å². The number of nitrogens with zero attached hydrogens (tertiary/aromatic N) is 3. The summed E-state index contributed by atoms with van der Waals surface area (Å²) >= 11 is 13.2. The molecule has 10 nitrogen and oxygen atoms in total. The molecule has 0 spiro atoms. The van der Waals surface area contributed by atoms with Crippen molar-refractivity contribution in [3.63, 3.8) is 0 Å². The van der Waals surface area contributed by atoms with Crippen molar-refractivity contribution >= 4 is 69.5 Å². The van der Waals surface area contributed by atoms with E-state index in [0.29, 0.717) is 33.1 Å². The maximum atomic E-state index is 13.0. The summed E-state index contributed by atoms with van der Waals surface area (Å²) in [5.74, 6) is -0.897. The quantitative estimate of drug-likeness (QED) is 0.217. The summed E-state index contributed by atoms with van der Waals surface area (Å²) in [5.41, 5.74) is 3.55. The summed E-state index contributed by atoms with van der Waals surface area (Å²) in [6, 6.07) is 19.4. The number of rotatable bonds is 11. The molecule has 1 aromatic heterocycles. The van der Waals surface area contributed by atoms with Crippen LogP contribution in [-0.2, 0) is 21.0 Å². The molecule has 0 unspecified atom stereocenters. The molecule has 0 saturated carbocycles. The molecule has 4 amide bonds. The van der Waals surface area contributed by atoms with Gasteiger partial charge in [-0.05, 0) is 55.0 Å². The van der Waals surface area contributed by atoms with Crippen LogP contribution in [0.1, 0.15) is 27.2 Å². The monoisotopic (exact) mass is 661 g/mol. The smallest absolute Gasteiger partial charge is 0.254 e. The number of anilines is 1. The van der Waals surface area contributed by atoms with Gasteiger partial charge in [-0.3, -0.25) is 19.2 Å². The third kappa shape index (κ3) is 8.41. The largest absolute Gasteiger partial charge is 0.487 e. The Balaban J connectivity index is 1.34. The summed E-state index contributed by atoms with van der Waals surface area (Å²) in [5, 5.41) is 6.61. The molecule has 0 atom stereocenters. The SMILES string of the molecule is CNC(=O)CN(C)C(=O)c1ccc(C=CC(=O)NCC(=O)N(C)c2ccc(Cl)c(COc3cccc4ccc(C)nc34)c2Cl)cc1. The normalized spacial score (nSPS) is 10.9. The molecule has 46 heavy (non-hydrogen) atoms. The summed E-state index contributed by atoms with van der Waals surface area (Å²) in [7, 11) is 4.59. The van der Waals surface area contributed by atoms with Crippen molar-refractivity contribution in [3.8, 4) is 5.75 Å². The van der Waals surface area contributed by atoms with E-state index in [-0.39, 0.29) is 36.5 Å². The lowest BCUT2D eigenvalue weighted by Gasteiger charge is -2.21. The molecule has 0 aliphatic carbocycles. The van der Waals surface area contributed by atoms with Crippen LogP contribution < -0.4 is 20.3 Å². The number of amides is 4. The molecule has 0 saturated heterocycles. The lowest BCUT2D eigenvalue weighted by molar-refractivity contribution is -0.122. The van der Waals surface area contributed by atoms with Crippen molar-refractivity contribution in [1.29, 1.82) is 0 Å². The van der Waals surface area contributed by atoms with Crippen molar-refractivity contribution in [2.24, 2.45) is 0 Å². The Hall–Kier alpha value is -4.93. The van der Waals surface area contributed by atoms with Crippen molar-refractivity contribution in [2.75, 3.05) is 39.1 Å². The zero-order valence-corrected chi connectivity index (χ0v) is 27.3. The first kappa shape index (κ1) is 34.0. The number of hydrogen-bond donors (Lipinski definition) is 2. The van der Waals surface area contributed by atoms with E-state index < -0.39 is 11.8 Å². The van der Waals surface area contributed by atoms with E-state index in [2.05, 4.69) is 15.6 Å². The van der Waals surface area contributed by atoms with E-state index in [1.54, 1.807) is 49.5 Å². The zero-order chi connectivity index (χ0) is 33.4. The molecule has 3 aromatic carbocycles. The number of pyridine rings is 1. The van der Waals surface area contributed by atoms with Gasteiger partial charge in [0.2, 0.25) is 17.7 Å². The van der Waals surface area contributed by atoms with E-state index >= 15 is 0 Å². The second-order valence-corrected chi connectivity index (χ2v) is 11.2. The third-order valence-electron chi connectivity index (χ3n) is 7.10. The van der Waals surface area contributed by atoms with Crippen molar-refractivity contribution < 1.29 is 23.9 Å². The van der Waals surface area contributed by atoms with E-state index in [4.69, 9.17) is 27.9 Å². The second kappa shape index (κ2) is 15.4. The first-order chi connectivity index (χ1) is 22.0. The maximum absolute atomic E-state index is 13.0. The first-order valence-electron chi connectivity index (χ1n) is 14.2. The number of aromatic nitrogens is 1. The molecule has 238 valence electrons. The van der Waals surface area contributed by atoms with Gasteiger partial charge in [-0.2, -0.15) is 0 Å². The number of hydrogen-bond acceptors (Lipinski definition) is 6.